The molecule has 0 saturated heterocycles. The van der Waals surface area contributed by atoms with Gasteiger partial charge in [0.25, 0.3) is 0 Å². The predicted molar refractivity (Wildman–Crippen MR) is 248 cm³/mol. The van der Waals surface area contributed by atoms with Crippen LogP contribution in [0, 0.1) is 0 Å². The SMILES string of the molecule is c1ccc(-c2cccc(-c3nc(-c4ccccc4)nc(-c4ccc5c(-n6c7ccccc7c7c8c9ccccc9n(-c9ccccc9)c8ccc76)cccc5c4)n3)c2)cc1. The molecule has 0 aliphatic rings. The zero-order valence-corrected chi connectivity index (χ0v) is 32.4. The van der Waals surface area contributed by atoms with Gasteiger partial charge in [0, 0.05) is 49.3 Å². The molecule has 0 spiro atoms. The van der Waals surface area contributed by atoms with Crippen molar-refractivity contribution in [3.63, 3.8) is 0 Å². The summed E-state index contributed by atoms with van der Waals surface area (Å²) in [5.41, 5.74) is 12.1. The number of rotatable bonds is 6. The van der Waals surface area contributed by atoms with E-state index >= 15 is 0 Å². The normalized spacial score (nSPS) is 11.7. The molecule has 5 nitrogen and oxygen atoms in total. The Morgan fingerprint density at radius 1 is 0.283 bits per heavy atom. The molecule has 0 aliphatic carbocycles. The minimum Gasteiger partial charge on any atom is -0.309 e. The summed E-state index contributed by atoms with van der Waals surface area (Å²) in [5, 5.41) is 7.23. The van der Waals surface area contributed by atoms with Gasteiger partial charge >= 0.3 is 0 Å². The summed E-state index contributed by atoms with van der Waals surface area (Å²) in [6.07, 6.45) is 0. The molecule has 0 unspecified atom stereocenters. The van der Waals surface area contributed by atoms with Gasteiger partial charge in [-0.2, -0.15) is 0 Å². The molecule has 12 rings (SSSR count). The highest BCUT2D eigenvalue weighted by Crippen LogP contribution is 2.43. The molecule has 0 amide bonds. The first-order chi connectivity index (χ1) is 29.8. The first-order valence-corrected chi connectivity index (χ1v) is 20.3. The van der Waals surface area contributed by atoms with Crippen molar-refractivity contribution in [2.75, 3.05) is 0 Å². The molecule has 3 aromatic heterocycles. The Morgan fingerprint density at radius 3 is 1.47 bits per heavy atom. The van der Waals surface area contributed by atoms with Crippen LogP contribution < -0.4 is 0 Å². The maximum Gasteiger partial charge on any atom is 0.164 e. The van der Waals surface area contributed by atoms with Crippen molar-refractivity contribution in [3.05, 3.63) is 212 Å². The molecule has 60 heavy (non-hydrogen) atoms. The van der Waals surface area contributed by atoms with Crippen LogP contribution in [0.2, 0.25) is 0 Å². The Morgan fingerprint density at radius 2 is 0.783 bits per heavy atom. The molecule has 280 valence electrons. The average Bonchev–Trinajstić information content (AvgIpc) is 3.85. The largest absolute Gasteiger partial charge is 0.309 e. The van der Waals surface area contributed by atoms with Crippen molar-refractivity contribution >= 4 is 54.4 Å². The standard InChI is InChI=1S/C55H35N5/c1-4-16-36(17-5-1)38-20-14-22-40(34-38)54-56-53(37-18-6-2-7-19-37)57-55(58-54)41-30-31-43-39(35-41)21-15-29-46(43)60-48-28-13-11-26-45(48)52-50(60)33-32-49-51(52)44-25-10-12-27-47(44)59(49)42-23-8-3-9-24-42/h1-35H. The average molecular weight is 766 g/mol. The van der Waals surface area contributed by atoms with E-state index in [0.717, 1.165) is 50.0 Å². The lowest BCUT2D eigenvalue weighted by Crippen LogP contribution is -2.00. The highest BCUT2D eigenvalue weighted by molar-refractivity contribution is 6.29. The molecule has 12 aromatic rings. The molecule has 0 bridgehead atoms. The van der Waals surface area contributed by atoms with E-state index < -0.39 is 0 Å². The van der Waals surface area contributed by atoms with Gasteiger partial charge in [0.2, 0.25) is 0 Å². The van der Waals surface area contributed by atoms with Gasteiger partial charge in [0.15, 0.2) is 17.5 Å². The molecule has 0 aliphatic heterocycles. The number of fused-ring (bicyclic) bond motifs is 8. The van der Waals surface area contributed by atoms with E-state index in [1.165, 1.54) is 43.6 Å². The van der Waals surface area contributed by atoms with Crippen molar-refractivity contribution in [3.8, 4) is 56.7 Å². The second-order valence-corrected chi connectivity index (χ2v) is 15.2. The van der Waals surface area contributed by atoms with E-state index in [0.29, 0.717) is 17.5 Å². The molecule has 5 heteroatoms. The van der Waals surface area contributed by atoms with Gasteiger partial charge in [0.05, 0.1) is 27.8 Å². The van der Waals surface area contributed by atoms with E-state index in [4.69, 9.17) is 15.0 Å². The van der Waals surface area contributed by atoms with Gasteiger partial charge < -0.3 is 9.13 Å². The number of para-hydroxylation sites is 3. The lowest BCUT2D eigenvalue weighted by atomic mass is 10.0. The van der Waals surface area contributed by atoms with Crippen LogP contribution in [0.5, 0.6) is 0 Å². The van der Waals surface area contributed by atoms with Crippen LogP contribution in [0.25, 0.3) is 111 Å². The topological polar surface area (TPSA) is 48.5 Å². The Labute approximate surface area is 346 Å². The maximum absolute atomic E-state index is 5.14. The minimum absolute atomic E-state index is 0.630. The summed E-state index contributed by atoms with van der Waals surface area (Å²) in [6.45, 7) is 0. The summed E-state index contributed by atoms with van der Waals surface area (Å²) in [4.78, 5) is 15.3. The van der Waals surface area contributed by atoms with Gasteiger partial charge in [-0.3, -0.25) is 0 Å². The van der Waals surface area contributed by atoms with Gasteiger partial charge in [-0.15, -0.1) is 0 Å². The van der Waals surface area contributed by atoms with Crippen molar-refractivity contribution < 1.29 is 0 Å². The van der Waals surface area contributed by atoms with Gasteiger partial charge in [-0.05, 0) is 71.1 Å². The fraction of sp³-hybridized carbons (Fsp3) is 0. The fourth-order valence-electron chi connectivity index (χ4n) is 9.05. The van der Waals surface area contributed by atoms with Crippen LogP contribution >= 0.6 is 0 Å². The first kappa shape index (κ1) is 33.9. The van der Waals surface area contributed by atoms with Crippen LogP contribution in [-0.4, -0.2) is 24.1 Å². The summed E-state index contributed by atoms with van der Waals surface area (Å²) >= 11 is 0. The number of benzene rings is 9. The number of hydrogen-bond acceptors (Lipinski definition) is 3. The lowest BCUT2D eigenvalue weighted by Gasteiger charge is -2.13. The third kappa shape index (κ3) is 5.44. The summed E-state index contributed by atoms with van der Waals surface area (Å²) < 4.78 is 4.83. The Kier molecular flexibility index (Phi) is 7.78. The number of nitrogens with zero attached hydrogens (tertiary/aromatic N) is 5. The van der Waals surface area contributed by atoms with Crippen LogP contribution in [0.15, 0.2) is 212 Å². The third-order valence-electron chi connectivity index (χ3n) is 11.7. The summed E-state index contributed by atoms with van der Waals surface area (Å²) in [5.74, 6) is 1.90. The molecule has 9 aromatic carbocycles. The molecular formula is C55H35N5. The first-order valence-electron chi connectivity index (χ1n) is 20.3. The minimum atomic E-state index is 0.630. The third-order valence-corrected chi connectivity index (χ3v) is 11.7. The monoisotopic (exact) mass is 765 g/mol. The molecule has 0 radical (unpaired) electrons. The smallest absolute Gasteiger partial charge is 0.164 e. The quantitative estimate of drug-likeness (QED) is 0.169. The van der Waals surface area contributed by atoms with E-state index in [1.807, 2.05) is 24.3 Å². The Bertz CT molecular complexity index is 3590. The highest BCUT2D eigenvalue weighted by Gasteiger charge is 2.21. The van der Waals surface area contributed by atoms with E-state index in [1.54, 1.807) is 0 Å². The van der Waals surface area contributed by atoms with Crippen LogP contribution in [0.3, 0.4) is 0 Å². The lowest BCUT2D eigenvalue weighted by molar-refractivity contribution is 1.07. The molecule has 3 heterocycles. The van der Waals surface area contributed by atoms with Crippen molar-refractivity contribution in [1.29, 1.82) is 0 Å². The second kappa shape index (κ2) is 13.8. The molecule has 0 saturated carbocycles. The molecular weight excluding hydrogens is 731 g/mol. The van der Waals surface area contributed by atoms with Crippen LogP contribution in [0.1, 0.15) is 0 Å². The molecule has 0 atom stereocenters. The van der Waals surface area contributed by atoms with E-state index in [-0.39, 0.29) is 0 Å². The summed E-state index contributed by atoms with van der Waals surface area (Å²) in [6, 6.07) is 75.0. The van der Waals surface area contributed by atoms with Gasteiger partial charge in [0.1, 0.15) is 0 Å². The van der Waals surface area contributed by atoms with Gasteiger partial charge in [-0.1, -0.05) is 158 Å². The van der Waals surface area contributed by atoms with Crippen LogP contribution in [0.4, 0.5) is 0 Å². The van der Waals surface area contributed by atoms with E-state index in [9.17, 15) is 0 Å². The highest BCUT2D eigenvalue weighted by atomic mass is 15.0. The van der Waals surface area contributed by atoms with Gasteiger partial charge in [-0.25, -0.2) is 15.0 Å². The Balaban J connectivity index is 1.04. The Hall–Kier alpha value is -8.15. The number of aromatic nitrogens is 5. The summed E-state index contributed by atoms with van der Waals surface area (Å²) in [7, 11) is 0. The zero-order valence-electron chi connectivity index (χ0n) is 32.4. The van der Waals surface area contributed by atoms with Crippen molar-refractivity contribution in [2.45, 2.75) is 0 Å². The maximum atomic E-state index is 5.14. The second-order valence-electron chi connectivity index (χ2n) is 15.2. The van der Waals surface area contributed by atoms with Crippen molar-refractivity contribution in [1.82, 2.24) is 24.1 Å². The predicted octanol–water partition coefficient (Wildman–Crippen LogP) is 13.9. The fourth-order valence-corrected chi connectivity index (χ4v) is 9.05. The zero-order chi connectivity index (χ0) is 39.6. The number of hydrogen-bond donors (Lipinski definition) is 0. The van der Waals surface area contributed by atoms with E-state index in [2.05, 4.69) is 197 Å². The van der Waals surface area contributed by atoms with Crippen LogP contribution in [-0.2, 0) is 0 Å². The van der Waals surface area contributed by atoms with Crippen molar-refractivity contribution in [2.24, 2.45) is 0 Å². The molecule has 0 N–H and O–H groups in total. The molecule has 0 fully saturated rings.